The molecule has 0 radical (unpaired) electrons. The van der Waals surface area contributed by atoms with Gasteiger partial charge in [0.15, 0.2) is 0 Å². The molecule has 12 heteroatoms. The predicted molar refractivity (Wildman–Crippen MR) is 160 cm³/mol. The number of nitrogens with two attached hydrogens (primary N) is 1. The molecule has 0 saturated carbocycles. The fourth-order valence-corrected chi connectivity index (χ4v) is 6.95. The Hall–Kier alpha value is -3.29. The standard InChI is InChI=1S/C29H36N4O6S2/c1-5-32(6-2)20-9-12-23-26(17-20)39-27-18-21(33(7-3)8-4)10-13-24(27)29(23)25-14-11-22(19-28(25)41(36,37)38)40(34,35)31-16-15-30/h9-14,17-19,31H,5-8,15-16,30H2,1-4H3. The molecule has 4 rings (SSSR count). The predicted octanol–water partition coefficient (Wildman–Crippen LogP) is 3.00. The van der Waals surface area contributed by atoms with Crippen LogP contribution >= 0.6 is 0 Å². The minimum Gasteiger partial charge on any atom is -0.744 e. The lowest BCUT2D eigenvalue weighted by Crippen LogP contribution is -2.29. The monoisotopic (exact) mass is 600 g/mol. The Balaban J connectivity index is 2.13. The summed E-state index contributed by atoms with van der Waals surface area (Å²) >= 11 is 0. The van der Waals surface area contributed by atoms with Crippen LogP contribution in [0.15, 0.2) is 68.8 Å². The van der Waals surface area contributed by atoms with Crippen molar-refractivity contribution in [2.45, 2.75) is 37.5 Å². The summed E-state index contributed by atoms with van der Waals surface area (Å²) in [4.78, 5) is 1.18. The summed E-state index contributed by atoms with van der Waals surface area (Å²) in [6.07, 6.45) is 0. The van der Waals surface area contributed by atoms with E-state index in [1.165, 1.54) is 12.1 Å². The third kappa shape index (κ3) is 6.16. The Bertz CT molecular complexity index is 1820. The molecule has 10 nitrogen and oxygen atoms in total. The summed E-state index contributed by atoms with van der Waals surface area (Å²) in [5.41, 5.74) is 8.01. The lowest BCUT2D eigenvalue weighted by molar-refractivity contribution is 0.463. The van der Waals surface area contributed by atoms with Crippen molar-refractivity contribution in [1.82, 2.24) is 9.30 Å². The highest BCUT2D eigenvalue weighted by atomic mass is 32.2. The second-order valence-electron chi connectivity index (χ2n) is 9.48. The van der Waals surface area contributed by atoms with Crippen LogP contribution in [-0.4, -0.2) is 60.7 Å². The maximum atomic E-state index is 12.8. The highest BCUT2D eigenvalue weighted by Gasteiger charge is 2.25. The molecule has 0 amide bonds. The normalized spacial score (nSPS) is 12.2. The van der Waals surface area contributed by atoms with Crippen molar-refractivity contribution in [3.8, 4) is 22.5 Å². The second kappa shape index (κ2) is 12.3. The lowest BCUT2D eigenvalue weighted by atomic mass is 9.93. The summed E-state index contributed by atoms with van der Waals surface area (Å²) in [5.74, 6) is 0.504. The molecule has 2 aliphatic rings. The molecule has 2 aromatic carbocycles. The molecule has 0 spiro atoms. The molecule has 0 unspecified atom stereocenters. The van der Waals surface area contributed by atoms with Gasteiger partial charge in [0, 0.05) is 66.1 Å². The van der Waals surface area contributed by atoms with Crippen LogP contribution in [-0.2, 0) is 20.1 Å². The van der Waals surface area contributed by atoms with Gasteiger partial charge in [0.25, 0.3) is 0 Å². The van der Waals surface area contributed by atoms with Crippen molar-refractivity contribution in [2.24, 2.45) is 5.73 Å². The number of hydrogen-bond donors (Lipinski definition) is 2. The van der Waals surface area contributed by atoms with Crippen LogP contribution in [0.2, 0.25) is 0 Å². The van der Waals surface area contributed by atoms with Crippen molar-refractivity contribution < 1.29 is 25.8 Å². The molecule has 1 aliphatic carbocycles. The van der Waals surface area contributed by atoms with Crippen LogP contribution in [0.4, 0.5) is 5.69 Å². The molecule has 0 aromatic heterocycles. The average Bonchev–Trinajstić information content (AvgIpc) is 2.95. The van der Waals surface area contributed by atoms with Gasteiger partial charge in [-0.2, -0.15) is 0 Å². The van der Waals surface area contributed by atoms with Crippen molar-refractivity contribution in [2.75, 3.05) is 44.2 Å². The maximum Gasteiger partial charge on any atom is 0.240 e. The molecule has 1 aliphatic heterocycles. The summed E-state index contributed by atoms with van der Waals surface area (Å²) in [7, 11) is -9.19. The number of fused-ring (bicyclic) bond motifs is 2. The van der Waals surface area contributed by atoms with Gasteiger partial charge in [-0.25, -0.2) is 26.1 Å². The number of anilines is 1. The van der Waals surface area contributed by atoms with E-state index >= 15 is 0 Å². The number of hydrogen-bond acceptors (Lipinski definition) is 8. The van der Waals surface area contributed by atoms with Gasteiger partial charge in [-0.3, -0.25) is 0 Å². The van der Waals surface area contributed by atoms with Crippen LogP contribution in [0.3, 0.4) is 0 Å². The topological polar surface area (TPSA) is 149 Å². The molecular formula is C29H36N4O6S2. The smallest absolute Gasteiger partial charge is 0.240 e. The van der Waals surface area contributed by atoms with Crippen molar-refractivity contribution in [1.29, 1.82) is 0 Å². The zero-order chi connectivity index (χ0) is 29.9. The van der Waals surface area contributed by atoms with Crippen molar-refractivity contribution >= 4 is 36.8 Å². The molecule has 0 fully saturated rings. The van der Waals surface area contributed by atoms with Crippen molar-refractivity contribution in [3.63, 3.8) is 0 Å². The van der Waals surface area contributed by atoms with E-state index in [-0.39, 0.29) is 23.5 Å². The van der Waals surface area contributed by atoms with E-state index in [4.69, 9.17) is 10.2 Å². The first-order valence-electron chi connectivity index (χ1n) is 13.6. The minimum atomic E-state index is -5.10. The van der Waals surface area contributed by atoms with E-state index in [0.29, 0.717) is 27.9 Å². The van der Waals surface area contributed by atoms with E-state index in [2.05, 4.69) is 41.9 Å². The summed E-state index contributed by atoms with van der Waals surface area (Å²) in [6, 6.07) is 14.9. The minimum absolute atomic E-state index is 0.0389. The van der Waals surface area contributed by atoms with Gasteiger partial charge >= 0.3 is 0 Å². The molecule has 41 heavy (non-hydrogen) atoms. The molecular weight excluding hydrogens is 564 g/mol. The Kier molecular flexibility index (Phi) is 9.19. The van der Waals surface area contributed by atoms with Gasteiger partial charge in [-0.1, -0.05) is 6.07 Å². The second-order valence-corrected chi connectivity index (χ2v) is 12.6. The van der Waals surface area contributed by atoms with E-state index in [1.807, 2.05) is 36.4 Å². The van der Waals surface area contributed by atoms with E-state index < -0.39 is 25.0 Å². The maximum absolute atomic E-state index is 12.8. The van der Waals surface area contributed by atoms with E-state index in [9.17, 15) is 21.4 Å². The fraction of sp³-hybridized carbons (Fsp3) is 0.345. The summed E-state index contributed by atoms with van der Waals surface area (Å²) in [5, 5.41) is 1.52. The first kappa shape index (κ1) is 30.7. The molecule has 3 N–H and O–H groups in total. The van der Waals surface area contributed by atoms with Crippen molar-refractivity contribution in [3.05, 3.63) is 60.0 Å². The number of nitrogens with zero attached hydrogens (tertiary/aromatic N) is 2. The van der Waals surface area contributed by atoms with Crippen LogP contribution < -0.4 is 25.3 Å². The van der Waals surface area contributed by atoms with Gasteiger partial charge in [-0.05, 0) is 58.0 Å². The molecule has 220 valence electrons. The van der Waals surface area contributed by atoms with E-state index in [1.54, 1.807) is 0 Å². The first-order valence-corrected chi connectivity index (χ1v) is 16.5. The van der Waals surface area contributed by atoms with Crippen LogP contribution in [0.1, 0.15) is 27.7 Å². The summed E-state index contributed by atoms with van der Waals surface area (Å²) < 4.78 is 74.2. The molecule has 0 saturated heterocycles. The largest absolute Gasteiger partial charge is 0.744 e. The Morgan fingerprint density at radius 1 is 0.902 bits per heavy atom. The highest BCUT2D eigenvalue weighted by Crippen LogP contribution is 2.43. The SMILES string of the molecule is CCN(CC)c1ccc2c(-c3ccc(S(=O)(=O)NCCN)cc3S(=O)(=O)[O-])c3ccc(=[N+](CC)CC)cc-3oc2c1. The van der Waals surface area contributed by atoms with Crippen LogP contribution in [0.25, 0.3) is 33.4 Å². The number of benzene rings is 3. The Morgan fingerprint density at radius 2 is 1.59 bits per heavy atom. The number of nitrogens with one attached hydrogen (secondary N) is 1. The van der Waals surface area contributed by atoms with Gasteiger partial charge in [0.2, 0.25) is 15.4 Å². The number of sulfonamides is 1. The molecule has 0 atom stereocenters. The Morgan fingerprint density at radius 3 is 2.20 bits per heavy atom. The zero-order valence-electron chi connectivity index (χ0n) is 23.7. The summed E-state index contributed by atoms with van der Waals surface area (Å²) in [6.45, 7) is 11.3. The average molecular weight is 601 g/mol. The van der Waals surface area contributed by atoms with Crippen LogP contribution in [0, 0.1) is 0 Å². The highest BCUT2D eigenvalue weighted by molar-refractivity contribution is 7.89. The fourth-order valence-electron chi connectivity index (χ4n) is 5.09. The third-order valence-electron chi connectivity index (χ3n) is 7.18. The van der Waals surface area contributed by atoms with Gasteiger partial charge in [-0.15, -0.1) is 0 Å². The quantitative estimate of drug-likeness (QED) is 0.152. The molecule has 0 bridgehead atoms. The number of rotatable bonds is 11. The first-order chi connectivity index (χ1) is 19.5. The lowest BCUT2D eigenvalue weighted by Gasteiger charge is -2.23. The molecule has 2 aromatic rings. The Labute approximate surface area is 241 Å². The third-order valence-corrected chi connectivity index (χ3v) is 9.52. The van der Waals surface area contributed by atoms with E-state index in [0.717, 1.165) is 43.3 Å². The van der Waals surface area contributed by atoms with Gasteiger partial charge < -0.3 is 19.6 Å². The van der Waals surface area contributed by atoms with Gasteiger partial charge in [0.05, 0.1) is 15.9 Å². The van der Waals surface area contributed by atoms with Crippen LogP contribution in [0.5, 0.6) is 0 Å². The zero-order valence-corrected chi connectivity index (χ0v) is 25.3. The molecule has 1 heterocycles. The van der Waals surface area contributed by atoms with Gasteiger partial charge in [0.1, 0.15) is 34.6 Å².